The molecule has 21 heavy (non-hydrogen) atoms. The van der Waals surface area contributed by atoms with Crippen molar-refractivity contribution in [3.63, 3.8) is 0 Å². The van der Waals surface area contributed by atoms with E-state index in [4.69, 9.17) is 16.3 Å². The Balaban J connectivity index is 2.11. The maximum Gasteiger partial charge on any atom is 0.518 e. The van der Waals surface area contributed by atoms with Gasteiger partial charge in [0.2, 0.25) is 0 Å². The number of hydrogen-bond donors (Lipinski definition) is 0. The number of rotatable bonds is 4. The van der Waals surface area contributed by atoms with Gasteiger partial charge in [-0.05, 0) is 48.5 Å². The van der Waals surface area contributed by atoms with Crippen LogP contribution in [0, 0.1) is 0 Å². The fourth-order valence-electron chi connectivity index (χ4n) is 1.63. The molecule has 0 atom stereocenters. The van der Waals surface area contributed by atoms with Gasteiger partial charge >= 0.3 is 6.16 Å². The van der Waals surface area contributed by atoms with Crippen LogP contribution in [0.3, 0.4) is 0 Å². The summed E-state index contributed by atoms with van der Waals surface area (Å²) in [6.07, 6.45) is 0.0857. The zero-order chi connectivity index (χ0) is 15.2. The van der Waals surface area contributed by atoms with Crippen molar-refractivity contribution in [1.82, 2.24) is 0 Å². The molecule has 5 heteroatoms. The second-order valence-electron chi connectivity index (χ2n) is 4.00. The van der Waals surface area contributed by atoms with Gasteiger partial charge in [0.05, 0.1) is 6.26 Å². The fourth-order valence-corrected chi connectivity index (χ4v) is 1.76. The molecule has 4 nitrogen and oxygen atoms in total. The van der Waals surface area contributed by atoms with Crippen LogP contribution in [0.15, 0.2) is 61.4 Å². The summed E-state index contributed by atoms with van der Waals surface area (Å²) in [7, 11) is 0. The van der Waals surface area contributed by atoms with E-state index in [2.05, 4.69) is 11.3 Å². The molecule has 0 amide bonds. The summed E-state index contributed by atoms with van der Waals surface area (Å²) in [4.78, 5) is 23.3. The lowest BCUT2D eigenvalue weighted by atomic mass is 10.0. The van der Waals surface area contributed by atoms with Crippen molar-refractivity contribution >= 4 is 23.5 Å². The molecule has 0 radical (unpaired) electrons. The predicted octanol–water partition coefficient (Wildman–Crippen LogP) is 4.23. The van der Waals surface area contributed by atoms with E-state index in [-0.39, 0.29) is 11.5 Å². The Kier molecular flexibility index (Phi) is 4.74. The number of hydrogen-bond acceptors (Lipinski definition) is 4. The molecule has 2 aromatic carbocycles. The highest BCUT2D eigenvalue weighted by Crippen LogP contribution is 2.17. The molecule has 0 unspecified atom stereocenters. The molecule has 0 saturated heterocycles. The Morgan fingerprint density at radius 1 is 0.952 bits per heavy atom. The third kappa shape index (κ3) is 3.94. The second-order valence-corrected chi connectivity index (χ2v) is 4.43. The average molecular weight is 303 g/mol. The van der Waals surface area contributed by atoms with Crippen molar-refractivity contribution in [2.75, 3.05) is 0 Å². The van der Waals surface area contributed by atoms with Gasteiger partial charge in [-0.25, -0.2) is 4.79 Å². The third-order valence-electron chi connectivity index (χ3n) is 2.60. The van der Waals surface area contributed by atoms with Gasteiger partial charge in [-0.15, -0.1) is 0 Å². The third-order valence-corrected chi connectivity index (χ3v) is 2.86. The lowest BCUT2D eigenvalue weighted by Crippen LogP contribution is -2.07. The standard InChI is InChI=1S/C16H11ClO4/c1-2-20-16(19)21-14-9-5-12(6-10-14)15(18)11-3-7-13(17)8-4-11/h2-10H,1H2. The zero-order valence-electron chi connectivity index (χ0n) is 10.9. The minimum absolute atomic E-state index is 0.146. The minimum Gasteiger partial charge on any atom is -0.403 e. The van der Waals surface area contributed by atoms with E-state index < -0.39 is 6.16 Å². The van der Waals surface area contributed by atoms with E-state index >= 15 is 0 Å². The predicted molar refractivity (Wildman–Crippen MR) is 78.6 cm³/mol. The van der Waals surface area contributed by atoms with E-state index in [1.807, 2.05) is 0 Å². The monoisotopic (exact) mass is 302 g/mol. The highest BCUT2D eigenvalue weighted by molar-refractivity contribution is 6.30. The largest absolute Gasteiger partial charge is 0.518 e. The molecule has 0 N–H and O–H groups in total. The molecular weight excluding hydrogens is 292 g/mol. The smallest absolute Gasteiger partial charge is 0.403 e. The van der Waals surface area contributed by atoms with E-state index in [9.17, 15) is 9.59 Å². The van der Waals surface area contributed by atoms with Gasteiger partial charge in [0.1, 0.15) is 5.75 Å². The summed E-state index contributed by atoms with van der Waals surface area (Å²) in [5, 5.41) is 0.566. The van der Waals surface area contributed by atoms with Crippen molar-refractivity contribution in [2.24, 2.45) is 0 Å². The molecule has 0 saturated carbocycles. The summed E-state index contributed by atoms with van der Waals surface area (Å²) in [5.74, 6) is 0.126. The summed E-state index contributed by atoms with van der Waals surface area (Å²) in [6, 6.07) is 12.7. The first kappa shape index (κ1) is 14.8. The van der Waals surface area contributed by atoms with Gasteiger partial charge in [-0.2, -0.15) is 0 Å². The van der Waals surface area contributed by atoms with Gasteiger partial charge < -0.3 is 9.47 Å². The number of ether oxygens (including phenoxy) is 2. The molecule has 106 valence electrons. The first-order valence-electron chi connectivity index (χ1n) is 6.00. The first-order chi connectivity index (χ1) is 10.1. The maximum atomic E-state index is 12.2. The van der Waals surface area contributed by atoms with Crippen molar-refractivity contribution in [3.8, 4) is 5.75 Å². The Labute approximate surface area is 126 Å². The molecule has 2 aromatic rings. The second kappa shape index (κ2) is 6.72. The van der Waals surface area contributed by atoms with E-state index in [0.29, 0.717) is 16.1 Å². The van der Waals surface area contributed by atoms with Crippen LogP contribution >= 0.6 is 11.6 Å². The average Bonchev–Trinajstić information content (AvgIpc) is 2.48. The van der Waals surface area contributed by atoms with Gasteiger partial charge in [0.15, 0.2) is 5.78 Å². The molecule has 0 aromatic heterocycles. The number of benzene rings is 2. The van der Waals surface area contributed by atoms with Crippen molar-refractivity contribution < 1.29 is 19.1 Å². The summed E-state index contributed by atoms with van der Waals surface area (Å²) >= 11 is 5.78. The van der Waals surface area contributed by atoms with Crippen LogP contribution < -0.4 is 4.74 Å². The lowest BCUT2D eigenvalue weighted by molar-refractivity contribution is 0.103. The SMILES string of the molecule is C=COC(=O)Oc1ccc(C(=O)c2ccc(Cl)cc2)cc1. The number of carbonyl (C=O) groups excluding carboxylic acids is 2. The number of carbonyl (C=O) groups is 2. The normalized spacial score (nSPS) is 9.76. The van der Waals surface area contributed by atoms with Crippen LogP contribution in [0.2, 0.25) is 5.02 Å². The zero-order valence-corrected chi connectivity index (χ0v) is 11.7. The van der Waals surface area contributed by atoms with E-state index in [1.54, 1.807) is 36.4 Å². The van der Waals surface area contributed by atoms with Crippen molar-refractivity contribution in [2.45, 2.75) is 0 Å². The van der Waals surface area contributed by atoms with Crippen molar-refractivity contribution in [3.05, 3.63) is 77.5 Å². The summed E-state index contributed by atoms with van der Waals surface area (Å²) in [6.45, 7) is 3.24. The number of ketones is 1. The van der Waals surface area contributed by atoms with Crippen LogP contribution in [0.4, 0.5) is 4.79 Å². The topological polar surface area (TPSA) is 52.6 Å². The van der Waals surface area contributed by atoms with Crippen LogP contribution in [-0.4, -0.2) is 11.9 Å². The maximum absolute atomic E-state index is 12.2. The molecular formula is C16H11ClO4. The summed E-state index contributed by atoms with van der Waals surface area (Å²) in [5.41, 5.74) is 1.00. The van der Waals surface area contributed by atoms with Crippen molar-refractivity contribution in [1.29, 1.82) is 0 Å². The first-order valence-corrected chi connectivity index (χ1v) is 6.37. The Morgan fingerprint density at radius 3 is 2.00 bits per heavy atom. The minimum atomic E-state index is -0.887. The highest BCUT2D eigenvalue weighted by atomic mass is 35.5. The van der Waals surface area contributed by atoms with E-state index in [0.717, 1.165) is 6.26 Å². The fraction of sp³-hybridized carbons (Fsp3) is 0. The summed E-state index contributed by atoms with van der Waals surface area (Å²) < 4.78 is 9.28. The Morgan fingerprint density at radius 2 is 1.48 bits per heavy atom. The van der Waals surface area contributed by atoms with Crippen LogP contribution in [0.25, 0.3) is 0 Å². The lowest BCUT2D eigenvalue weighted by Gasteiger charge is -2.04. The van der Waals surface area contributed by atoms with E-state index in [1.165, 1.54) is 12.1 Å². The Bertz CT molecular complexity index is 660. The van der Waals surface area contributed by atoms with Gasteiger partial charge in [-0.3, -0.25) is 4.79 Å². The van der Waals surface area contributed by atoms with Gasteiger partial charge in [0, 0.05) is 16.1 Å². The molecule has 0 aliphatic carbocycles. The molecule has 0 heterocycles. The number of halogens is 1. The molecule has 0 spiro atoms. The highest BCUT2D eigenvalue weighted by Gasteiger charge is 2.10. The molecule has 0 bridgehead atoms. The van der Waals surface area contributed by atoms with Crippen LogP contribution in [0.1, 0.15) is 15.9 Å². The van der Waals surface area contributed by atoms with Crippen LogP contribution in [-0.2, 0) is 4.74 Å². The van der Waals surface area contributed by atoms with Crippen LogP contribution in [0.5, 0.6) is 5.75 Å². The molecule has 0 aliphatic heterocycles. The molecule has 0 fully saturated rings. The molecule has 2 rings (SSSR count). The molecule has 0 aliphatic rings. The van der Waals surface area contributed by atoms with Gasteiger partial charge in [0.25, 0.3) is 0 Å². The Hall–Kier alpha value is -2.59. The quantitative estimate of drug-likeness (QED) is 0.367. The van der Waals surface area contributed by atoms with Gasteiger partial charge in [-0.1, -0.05) is 18.2 Å².